The lowest BCUT2D eigenvalue weighted by Gasteiger charge is -2.20. The second kappa shape index (κ2) is 4.46. The molecule has 2 atom stereocenters. The van der Waals surface area contributed by atoms with E-state index in [1.165, 1.54) is 16.7 Å². The molecule has 1 aliphatic rings. The number of rotatable bonds is 2. The van der Waals surface area contributed by atoms with E-state index in [9.17, 15) is 5.11 Å². The number of aliphatic hydroxyl groups excluding tert-OH is 1. The molecular formula is C14H20O2. The van der Waals surface area contributed by atoms with Crippen LogP contribution in [0.3, 0.4) is 0 Å². The van der Waals surface area contributed by atoms with Gasteiger partial charge in [-0.3, -0.25) is 0 Å². The molecule has 1 aliphatic carbocycles. The van der Waals surface area contributed by atoms with Gasteiger partial charge in [0.25, 0.3) is 0 Å². The predicted octanol–water partition coefficient (Wildman–Crippen LogP) is 2.94. The van der Waals surface area contributed by atoms with Crippen LogP contribution in [-0.4, -0.2) is 18.3 Å². The zero-order chi connectivity index (χ0) is 11.7. The highest BCUT2D eigenvalue weighted by Crippen LogP contribution is 2.40. The molecule has 88 valence electrons. The number of hydrogen-bond acceptors (Lipinski definition) is 2. The van der Waals surface area contributed by atoms with Gasteiger partial charge in [0.1, 0.15) is 5.75 Å². The first-order valence-corrected chi connectivity index (χ1v) is 5.97. The number of hydrogen-bond donors (Lipinski definition) is 1. The molecule has 0 aromatic heterocycles. The monoisotopic (exact) mass is 220 g/mol. The normalized spacial score (nSPS) is 24.8. The summed E-state index contributed by atoms with van der Waals surface area (Å²) in [6.45, 7) is 4.17. The lowest BCUT2D eigenvalue weighted by molar-refractivity contribution is 0.162. The largest absolute Gasteiger partial charge is 0.496 e. The first-order chi connectivity index (χ1) is 7.65. The van der Waals surface area contributed by atoms with Crippen molar-refractivity contribution in [2.75, 3.05) is 7.11 Å². The van der Waals surface area contributed by atoms with Gasteiger partial charge in [0, 0.05) is 11.5 Å². The van der Waals surface area contributed by atoms with Gasteiger partial charge in [0.05, 0.1) is 13.2 Å². The molecule has 0 radical (unpaired) electrons. The van der Waals surface area contributed by atoms with Crippen molar-refractivity contribution in [3.05, 3.63) is 28.8 Å². The van der Waals surface area contributed by atoms with E-state index in [0.29, 0.717) is 0 Å². The quantitative estimate of drug-likeness (QED) is 0.830. The Bertz CT molecular complexity index is 385. The summed E-state index contributed by atoms with van der Waals surface area (Å²) in [5, 5.41) is 9.97. The minimum absolute atomic E-state index is 0.198. The van der Waals surface area contributed by atoms with Gasteiger partial charge < -0.3 is 9.84 Å². The van der Waals surface area contributed by atoms with Gasteiger partial charge in [0.2, 0.25) is 0 Å². The molecule has 1 saturated carbocycles. The van der Waals surface area contributed by atoms with Crippen molar-refractivity contribution >= 4 is 0 Å². The number of methoxy groups -OCH3 is 1. The van der Waals surface area contributed by atoms with Crippen molar-refractivity contribution < 1.29 is 9.84 Å². The van der Waals surface area contributed by atoms with Gasteiger partial charge in [-0.2, -0.15) is 0 Å². The second-order valence-corrected chi connectivity index (χ2v) is 4.73. The van der Waals surface area contributed by atoms with Crippen LogP contribution < -0.4 is 4.74 Å². The molecule has 16 heavy (non-hydrogen) atoms. The van der Waals surface area contributed by atoms with Crippen LogP contribution in [0, 0.1) is 13.8 Å². The second-order valence-electron chi connectivity index (χ2n) is 4.73. The third-order valence-electron chi connectivity index (χ3n) is 3.79. The fourth-order valence-electron chi connectivity index (χ4n) is 2.68. The third-order valence-corrected chi connectivity index (χ3v) is 3.79. The maximum absolute atomic E-state index is 9.97. The third kappa shape index (κ3) is 1.82. The number of benzene rings is 1. The van der Waals surface area contributed by atoms with E-state index in [1.54, 1.807) is 7.11 Å². The van der Waals surface area contributed by atoms with Crippen molar-refractivity contribution in [2.45, 2.75) is 45.1 Å². The molecule has 2 rings (SSSR count). The highest BCUT2D eigenvalue weighted by atomic mass is 16.5. The summed E-state index contributed by atoms with van der Waals surface area (Å²) in [7, 11) is 1.71. The molecule has 2 heteroatoms. The van der Waals surface area contributed by atoms with Crippen LogP contribution in [0.2, 0.25) is 0 Å². The number of ether oxygens (including phenoxy) is 1. The first kappa shape index (κ1) is 11.5. The molecule has 0 saturated heterocycles. The predicted molar refractivity (Wildman–Crippen MR) is 65.1 cm³/mol. The molecule has 1 aromatic rings. The van der Waals surface area contributed by atoms with Crippen LogP contribution >= 0.6 is 0 Å². The van der Waals surface area contributed by atoms with Crippen LogP contribution in [0.5, 0.6) is 5.75 Å². The molecule has 0 heterocycles. The lowest BCUT2D eigenvalue weighted by Crippen LogP contribution is -2.12. The Morgan fingerprint density at radius 3 is 2.56 bits per heavy atom. The number of aliphatic hydroxyl groups is 1. The van der Waals surface area contributed by atoms with Gasteiger partial charge in [-0.15, -0.1) is 0 Å². The number of aryl methyl sites for hydroxylation is 1. The molecular weight excluding hydrogens is 200 g/mol. The average Bonchev–Trinajstić information content (AvgIpc) is 2.68. The molecule has 0 amide bonds. The van der Waals surface area contributed by atoms with Gasteiger partial charge >= 0.3 is 0 Å². The Morgan fingerprint density at radius 2 is 2.00 bits per heavy atom. The van der Waals surface area contributed by atoms with Crippen molar-refractivity contribution in [3.8, 4) is 5.75 Å². The van der Waals surface area contributed by atoms with E-state index in [2.05, 4.69) is 26.0 Å². The summed E-state index contributed by atoms with van der Waals surface area (Å²) in [4.78, 5) is 0. The molecule has 1 N–H and O–H groups in total. The van der Waals surface area contributed by atoms with Crippen molar-refractivity contribution in [3.63, 3.8) is 0 Å². The minimum atomic E-state index is -0.198. The van der Waals surface area contributed by atoms with Crippen molar-refractivity contribution in [1.82, 2.24) is 0 Å². The van der Waals surface area contributed by atoms with E-state index in [-0.39, 0.29) is 12.0 Å². The maximum Gasteiger partial charge on any atom is 0.125 e. The van der Waals surface area contributed by atoms with Gasteiger partial charge in [0.15, 0.2) is 0 Å². The molecule has 2 unspecified atom stereocenters. The molecule has 2 nitrogen and oxygen atoms in total. The SMILES string of the molecule is COc1c(C2CCCC2O)ccc(C)c1C. The van der Waals surface area contributed by atoms with Crippen LogP contribution in [0.4, 0.5) is 0 Å². The topological polar surface area (TPSA) is 29.5 Å². The van der Waals surface area contributed by atoms with E-state index in [1.807, 2.05) is 0 Å². The van der Waals surface area contributed by atoms with E-state index in [4.69, 9.17) is 4.74 Å². The highest BCUT2D eigenvalue weighted by Gasteiger charge is 2.29. The molecule has 1 fully saturated rings. The summed E-state index contributed by atoms with van der Waals surface area (Å²) < 4.78 is 5.51. The standard InChI is InChI=1S/C14H20O2/c1-9-7-8-12(14(16-3)10(9)2)11-5-4-6-13(11)15/h7-8,11,13,15H,4-6H2,1-3H3. The fraction of sp³-hybridized carbons (Fsp3) is 0.571. The molecule has 1 aromatic carbocycles. The van der Waals surface area contributed by atoms with Crippen LogP contribution in [0.15, 0.2) is 12.1 Å². The Hall–Kier alpha value is -1.02. The lowest BCUT2D eigenvalue weighted by atomic mass is 9.91. The van der Waals surface area contributed by atoms with E-state index >= 15 is 0 Å². The van der Waals surface area contributed by atoms with Crippen LogP contribution in [0.1, 0.15) is 41.9 Å². The van der Waals surface area contributed by atoms with Gasteiger partial charge in [-0.05, 0) is 37.8 Å². The van der Waals surface area contributed by atoms with Gasteiger partial charge in [-0.1, -0.05) is 18.6 Å². The molecule has 0 spiro atoms. The molecule has 0 bridgehead atoms. The minimum Gasteiger partial charge on any atom is -0.496 e. The van der Waals surface area contributed by atoms with Crippen molar-refractivity contribution in [2.24, 2.45) is 0 Å². The Morgan fingerprint density at radius 1 is 1.25 bits per heavy atom. The molecule has 0 aliphatic heterocycles. The first-order valence-electron chi connectivity index (χ1n) is 5.97. The van der Waals surface area contributed by atoms with E-state index in [0.717, 1.165) is 25.0 Å². The Balaban J connectivity index is 2.44. The Kier molecular flexibility index (Phi) is 3.20. The van der Waals surface area contributed by atoms with E-state index < -0.39 is 0 Å². The summed E-state index contributed by atoms with van der Waals surface area (Å²) in [6, 6.07) is 4.23. The Labute approximate surface area is 97.3 Å². The van der Waals surface area contributed by atoms with Crippen LogP contribution in [-0.2, 0) is 0 Å². The highest BCUT2D eigenvalue weighted by molar-refractivity contribution is 5.47. The van der Waals surface area contributed by atoms with Crippen molar-refractivity contribution in [1.29, 1.82) is 0 Å². The maximum atomic E-state index is 9.97. The average molecular weight is 220 g/mol. The summed E-state index contributed by atoms with van der Waals surface area (Å²) in [5.74, 6) is 1.22. The van der Waals surface area contributed by atoms with Crippen LogP contribution in [0.25, 0.3) is 0 Å². The zero-order valence-corrected chi connectivity index (χ0v) is 10.3. The summed E-state index contributed by atoms with van der Waals surface area (Å²) >= 11 is 0. The van der Waals surface area contributed by atoms with Gasteiger partial charge in [-0.25, -0.2) is 0 Å². The summed E-state index contributed by atoms with van der Waals surface area (Å²) in [5.41, 5.74) is 3.61. The zero-order valence-electron chi connectivity index (χ0n) is 10.3. The summed E-state index contributed by atoms with van der Waals surface area (Å²) in [6.07, 6.45) is 2.90. The smallest absolute Gasteiger partial charge is 0.125 e. The fourth-order valence-corrected chi connectivity index (χ4v) is 2.68.